The highest BCUT2D eigenvalue weighted by Gasteiger charge is 2.22. The number of halogens is 1. The van der Waals surface area contributed by atoms with Gasteiger partial charge in [0.15, 0.2) is 11.5 Å². The van der Waals surface area contributed by atoms with Crippen molar-refractivity contribution in [3.05, 3.63) is 17.7 Å². The van der Waals surface area contributed by atoms with E-state index in [0.29, 0.717) is 29.8 Å². The number of hydrogen-bond acceptors (Lipinski definition) is 4. The Balaban J connectivity index is 0.00000288. The van der Waals surface area contributed by atoms with Crippen LogP contribution in [0.5, 0.6) is 11.5 Å². The number of carbonyl (C=O) groups is 1. The molecule has 1 aliphatic rings. The lowest BCUT2D eigenvalue weighted by Crippen LogP contribution is -2.34. The van der Waals surface area contributed by atoms with Gasteiger partial charge in [-0.15, -0.1) is 12.4 Å². The molecule has 0 spiro atoms. The third-order valence-electron chi connectivity index (χ3n) is 4.65. The van der Waals surface area contributed by atoms with Crippen LogP contribution in [0, 0.1) is 18.8 Å². The summed E-state index contributed by atoms with van der Waals surface area (Å²) < 4.78 is 10.6. The van der Waals surface area contributed by atoms with Gasteiger partial charge in [-0.05, 0) is 56.3 Å². The number of benzene rings is 1. The van der Waals surface area contributed by atoms with Crippen molar-refractivity contribution in [2.24, 2.45) is 11.8 Å². The monoisotopic (exact) mass is 356 g/mol. The SMILES string of the molecule is COc1cc(C)c(NC(=O)CC(C)C2CCCNC2)cc1OC.Cl. The van der Waals surface area contributed by atoms with Crippen molar-refractivity contribution in [1.29, 1.82) is 0 Å². The van der Waals surface area contributed by atoms with Gasteiger partial charge in [-0.3, -0.25) is 4.79 Å². The first-order chi connectivity index (χ1) is 11.0. The molecule has 2 rings (SSSR count). The van der Waals surface area contributed by atoms with E-state index in [1.165, 1.54) is 12.8 Å². The summed E-state index contributed by atoms with van der Waals surface area (Å²) in [5.41, 5.74) is 1.74. The third-order valence-corrected chi connectivity index (χ3v) is 4.65. The molecule has 1 fully saturated rings. The molecule has 1 saturated heterocycles. The molecule has 0 radical (unpaired) electrons. The number of aryl methyl sites for hydroxylation is 1. The molecule has 0 bridgehead atoms. The summed E-state index contributed by atoms with van der Waals surface area (Å²) in [6, 6.07) is 3.70. The van der Waals surface area contributed by atoms with Crippen LogP contribution in [-0.4, -0.2) is 33.2 Å². The van der Waals surface area contributed by atoms with E-state index >= 15 is 0 Å². The first kappa shape index (κ1) is 20.6. The predicted molar refractivity (Wildman–Crippen MR) is 99.5 cm³/mol. The van der Waals surface area contributed by atoms with Crippen LogP contribution in [0.4, 0.5) is 5.69 Å². The zero-order chi connectivity index (χ0) is 16.8. The molecule has 1 heterocycles. The Bertz CT molecular complexity index is 545. The van der Waals surface area contributed by atoms with Gasteiger partial charge in [0.25, 0.3) is 0 Å². The van der Waals surface area contributed by atoms with Crippen LogP contribution in [0.15, 0.2) is 12.1 Å². The Morgan fingerprint density at radius 1 is 1.33 bits per heavy atom. The van der Waals surface area contributed by atoms with Gasteiger partial charge < -0.3 is 20.1 Å². The van der Waals surface area contributed by atoms with Gasteiger partial charge in [-0.1, -0.05) is 6.92 Å². The Hall–Kier alpha value is -1.46. The van der Waals surface area contributed by atoms with E-state index in [0.717, 1.165) is 24.3 Å². The van der Waals surface area contributed by atoms with Crippen LogP contribution in [0.25, 0.3) is 0 Å². The van der Waals surface area contributed by atoms with Crippen LogP contribution in [0.3, 0.4) is 0 Å². The Morgan fingerprint density at radius 3 is 2.58 bits per heavy atom. The number of hydrogen-bond donors (Lipinski definition) is 2. The molecule has 24 heavy (non-hydrogen) atoms. The predicted octanol–water partition coefficient (Wildman–Crippen LogP) is 3.40. The highest BCUT2D eigenvalue weighted by Crippen LogP contribution is 2.33. The summed E-state index contributed by atoms with van der Waals surface area (Å²) in [6.45, 7) is 6.23. The second kappa shape index (κ2) is 9.74. The number of carbonyl (C=O) groups excluding carboxylic acids is 1. The van der Waals surface area contributed by atoms with Crippen molar-refractivity contribution >= 4 is 24.0 Å². The number of rotatable bonds is 6. The second-order valence-corrected chi connectivity index (χ2v) is 6.36. The Labute approximate surface area is 150 Å². The molecule has 6 heteroatoms. The maximum absolute atomic E-state index is 12.4. The highest BCUT2D eigenvalue weighted by molar-refractivity contribution is 5.92. The standard InChI is InChI=1S/C18H28N2O3.ClH/c1-12(14-6-5-7-19-11-14)9-18(21)20-15-10-17(23-4)16(22-3)8-13(15)2;/h8,10,12,14,19H,5-7,9,11H2,1-4H3,(H,20,21);1H. The minimum atomic E-state index is 0. The molecule has 2 atom stereocenters. The normalized spacial score (nSPS) is 18.2. The van der Waals surface area contributed by atoms with Gasteiger partial charge in [0.1, 0.15) is 0 Å². The molecule has 1 aliphatic heterocycles. The van der Waals surface area contributed by atoms with Crippen LogP contribution in [-0.2, 0) is 4.79 Å². The van der Waals surface area contributed by atoms with Gasteiger partial charge in [-0.2, -0.15) is 0 Å². The molecule has 136 valence electrons. The van der Waals surface area contributed by atoms with E-state index in [-0.39, 0.29) is 18.3 Å². The van der Waals surface area contributed by atoms with Crippen LogP contribution >= 0.6 is 12.4 Å². The highest BCUT2D eigenvalue weighted by atomic mass is 35.5. The van der Waals surface area contributed by atoms with Gasteiger partial charge in [0.2, 0.25) is 5.91 Å². The topological polar surface area (TPSA) is 59.6 Å². The largest absolute Gasteiger partial charge is 0.493 e. The lowest BCUT2D eigenvalue weighted by atomic mass is 9.85. The summed E-state index contributed by atoms with van der Waals surface area (Å²) in [6.07, 6.45) is 2.95. The maximum Gasteiger partial charge on any atom is 0.224 e. The number of piperidine rings is 1. The fourth-order valence-electron chi connectivity index (χ4n) is 3.14. The number of amides is 1. The summed E-state index contributed by atoms with van der Waals surface area (Å²) in [5, 5.41) is 6.42. The molecular formula is C18H29ClN2O3. The van der Waals surface area contributed by atoms with Crippen molar-refractivity contribution in [3.63, 3.8) is 0 Å². The van der Waals surface area contributed by atoms with Crippen LogP contribution < -0.4 is 20.1 Å². The van der Waals surface area contributed by atoms with Gasteiger partial charge >= 0.3 is 0 Å². The van der Waals surface area contributed by atoms with Crippen molar-refractivity contribution in [2.45, 2.75) is 33.1 Å². The van der Waals surface area contributed by atoms with Gasteiger partial charge in [0, 0.05) is 18.2 Å². The summed E-state index contributed by atoms with van der Waals surface area (Å²) >= 11 is 0. The molecule has 0 saturated carbocycles. The second-order valence-electron chi connectivity index (χ2n) is 6.36. The summed E-state index contributed by atoms with van der Waals surface area (Å²) in [5.74, 6) is 2.31. The van der Waals surface area contributed by atoms with E-state index in [9.17, 15) is 4.79 Å². The van der Waals surface area contributed by atoms with Crippen molar-refractivity contribution in [2.75, 3.05) is 32.6 Å². The molecule has 5 nitrogen and oxygen atoms in total. The Kier molecular flexibility index (Phi) is 8.36. The fourth-order valence-corrected chi connectivity index (χ4v) is 3.14. The summed E-state index contributed by atoms with van der Waals surface area (Å²) in [7, 11) is 3.20. The molecule has 0 aromatic heterocycles. The van der Waals surface area contributed by atoms with Crippen molar-refractivity contribution < 1.29 is 14.3 Å². The van der Waals surface area contributed by atoms with Crippen molar-refractivity contribution in [3.8, 4) is 11.5 Å². The lowest BCUT2D eigenvalue weighted by molar-refractivity contribution is -0.117. The average Bonchev–Trinajstić information content (AvgIpc) is 2.56. The zero-order valence-corrected chi connectivity index (χ0v) is 15.8. The first-order valence-corrected chi connectivity index (χ1v) is 8.28. The molecule has 2 N–H and O–H groups in total. The fraction of sp³-hybridized carbons (Fsp3) is 0.611. The van der Waals surface area contributed by atoms with E-state index in [2.05, 4.69) is 17.6 Å². The first-order valence-electron chi connectivity index (χ1n) is 8.28. The quantitative estimate of drug-likeness (QED) is 0.820. The molecule has 0 aliphatic carbocycles. The average molecular weight is 357 g/mol. The molecule has 1 aromatic carbocycles. The minimum absolute atomic E-state index is 0. The van der Waals surface area contributed by atoms with E-state index in [4.69, 9.17) is 9.47 Å². The van der Waals surface area contributed by atoms with Gasteiger partial charge in [-0.25, -0.2) is 0 Å². The van der Waals surface area contributed by atoms with Gasteiger partial charge in [0.05, 0.1) is 14.2 Å². The molecule has 1 aromatic rings. The number of methoxy groups -OCH3 is 2. The smallest absolute Gasteiger partial charge is 0.224 e. The van der Waals surface area contributed by atoms with E-state index in [1.807, 2.05) is 19.1 Å². The van der Waals surface area contributed by atoms with Crippen molar-refractivity contribution in [1.82, 2.24) is 5.32 Å². The number of ether oxygens (including phenoxy) is 2. The van der Waals surface area contributed by atoms with E-state index < -0.39 is 0 Å². The molecule has 2 unspecified atom stereocenters. The molecule has 1 amide bonds. The number of nitrogens with one attached hydrogen (secondary N) is 2. The van der Waals surface area contributed by atoms with Crippen LogP contribution in [0.2, 0.25) is 0 Å². The Morgan fingerprint density at radius 2 is 2.00 bits per heavy atom. The lowest BCUT2D eigenvalue weighted by Gasteiger charge is -2.28. The molecular weight excluding hydrogens is 328 g/mol. The van der Waals surface area contributed by atoms with Crippen LogP contribution in [0.1, 0.15) is 31.7 Å². The zero-order valence-electron chi connectivity index (χ0n) is 15.0. The number of anilines is 1. The summed E-state index contributed by atoms with van der Waals surface area (Å²) in [4.78, 5) is 12.4. The maximum atomic E-state index is 12.4. The van der Waals surface area contributed by atoms with E-state index in [1.54, 1.807) is 14.2 Å². The third kappa shape index (κ3) is 5.28. The minimum Gasteiger partial charge on any atom is -0.493 e.